The van der Waals surface area contributed by atoms with Crippen LogP contribution in [0.3, 0.4) is 0 Å². The highest BCUT2D eigenvalue weighted by Crippen LogP contribution is 2.27. The fourth-order valence-corrected chi connectivity index (χ4v) is 1.99. The van der Waals surface area contributed by atoms with E-state index in [1.54, 1.807) is 13.2 Å². The molecule has 2 aromatic carbocycles. The van der Waals surface area contributed by atoms with Gasteiger partial charge < -0.3 is 10.1 Å². The zero-order valence-electron chi connectivity index (χ0n) is 10.8. The zero-order valence-corrected chi connectivity index (χ0v) is 11.5. The molecule has 1 unspecified atom stereocenters. The van der Waals surface area contributed by atoms with E-state index in [1.807, 2.05) is 31.2 Å². The van der Waals surface area contributed by atoms with E-state index in [4.69, 9.17) is 16.3 Å². The third kappa shape index (κ3) is 3.38. The van der Waals surface area contributed by atoms with Crippen LogP contribution >= 0.6 is 11.6 Å². The fraction of sp³-hybridized carbons (Fsp3) is 0.200. The number of halogens is 2. The van der Waals surface area contributed by atoms with Crippen molar-refractivity contribution in [2.24, 2.45) is 0 Å². The van der Waals surface area contributed by atoms with Gasteiger partial charge in [-0.1, -0.05) is 23.7 Å². The molecule has 1 atom stereocenters. The van der Waals surface area contributed by atoms with Crippen molar-refractivity contribution in [2.45, 2.75) is 13.0 Å². The lowest BCUT2D eigenvalue weighted by Crippen LogP contribution is -2.07. The summed E-state index contributed by atoms with van der Waals surface area (Å²) < 4.78 is 18.3. The summed E-state index contributed by atoms with van der Waals surface area (Å²) in [4.78, 5) is 0. The van der Waals surface area contributed by atoms with E-state index < -0.39 is 0 Å². The highest BCUT2D eigenvalue weighted by atomic mass is 35.5. The van der Waals surface area contributed by atoms with Crippen LogP contribution in [-0.2, 0) is 0 Å². The Hall–Kier alpha value is -1.74. The minimum atomic E-state index is -0.311. The Morgan fingerprint density at radius 3 is 2.47 bits per heavy atom. The van der Waals surface area contributed by atoms with Gasteiger partial charge in [0, 0.05) is 6.04 Å². The molecule has 0 saturated carbocycles. The number of benzene rings is 2. The Balaban J connectivity index is 2.15. The van der Waals surface area contributed by atoms with Gasteiger partial charge in [-0.2, -0.15) is 0 Å². The molecule has 0 aliphatic heterocycles. The summed E-state index contributed by atoms with van der Waals surface area (Å²) in [5.74, 6) is 0.494. The molecule has 0 bridgehead atoms. The second-order valence-corrected chi connectivity index (χ2v) is 4.67. The van der Waals surface area contributed by atoms with Crippen molar-refractivity contribution in [2.75, 3.05) is 12.4 Å². The van der Waals surface area contributed by atoms with Crippen LogP contribution in [0, 0.1) is 5.82 Å². The molecule has 19 heavy (non-hydrogen) atoms. The molecule has 1 N–H and O–H groups in total. The molecule has 0 amide bonds. The normalized spacial score (nSPS) is 12.0. The first-order chi connectivity index (χ1) is 9.10. The van der Waals surface area contributed by atoms with Crippen molar-refractivity contribution in [3.8, 4) is 5.75 Å². The van der Waals surface area contributed by atoms with Crippen molar-refractivity contribution in [1.29, 1.82) is 0 Å². The molecule has 0 fully saturated rings. The van der Waals surface area contributed by atoms with Gasteiger partial charge in [-0.3, -0.25) is 0 Å². The largest absolute Gasteiger partial charge is 0.497 e. The number of nitrogens with one attached hydrogen (secondary N) is 1. The lowest BCUT2D eigenvalue weighted by atomic mass is 10.1. The van der Waals surface area contributed by atoms with Gasteiger partial charge in [0.05, 0.1) is 17.8 Å². The Bertz CT molecular complexity index is 557. The molecule has 2 rings (SSSR count). The topological polar surface area (TPSA) is 21.3 Å². The van der Waals surface area contributed by atoms with Crippen molar-refractivity contribution >= 4 is 17.3 Å². The smallest absolute Gasteiger partial charge is 0.125 e. The number of rotatable bonds is 4. The van der Waals surface area contributed by atoms with E-state index >= 15 is 0 Å². The third-order valence-electron chi connectivity index (χ3n) is 2.92. The summed E-state index contributed by atoms with van der Waals surface area (Å²) in [6.45, 7) is 1.99. The van der Waals surface area contributed by atoms with Gasteiger partial charge in [-0.25, -0.2) is 4.39 Å². The minimum absolute atomic E-state index is 0.0187. The molecule has 0 radical (unpaired) electrons. The molecule has 2 aromatic rings. The van der Waals surface area contributed by atoms with E-state index in [0.29, 0.717) is 10.7 Å². The maximum Gasteiger partial charge on any atom is 0.125 e. The van der Waals surface area contributed by atoms with E-state index in [1.165, 1.54) is 12.1 Å². The Morgan fingerprint density at radius 1 is 1.16 bits per heavy atom. The first-order valence-corrected chi connectivity index (χ1v) is 6.33. The summed E-state index contributed by atoms with van der Waals surface area (Å²) in [5, 5.41) is 3.69. The predicted molar refractivity (Wildman–Crippen MR) is 76.4 cm³/mol. The molecule has 0 spiro atoms. The van der Waals surface area contributed by atoms with Gasteiger partial charge in [-0.05, 0) is 42.8 Å². The maximum absolute atomic E-state index is 13.2. The lowest BCUT2D eigenvalue weighted by molar-refractivity contribution is 0.414. The highest BCUT2D eigenvalue weighted by molar-refractivity contribution is 6.33. The van der Waals surface area contributed by atoms with Gasteiger partial charge in [0.25, 0.3) is 0 Å². The molecule has 0 aromatic heterocycles. The summed E-state index contributed by atoms with van der Waals surface area (Å²) >= 11 is 6.03. The number of hydrogen-bond donors (Lipinski definition) is 1. The molecule has 0 aliphatic carbocycles. The van der Waals surface area contributed by atoms with Gasteiger partial charge in [0.15, 0.2) is 0 Å². The molecule has 0 saturated heterocycles. The van der Waals surface area contributed by atoms with Crippen LogP contribution in [0.15, 0.2) is 42.5 Å². The number of hydrogen-bond acceptors (Lipinski definition) is 2. The van der Waals surface area contributed by atoms with Crippen molar-refractivity contribution < 1.29 is 9.13 Å². The third-order valence-corrected chi connectivity index (χ3v) is 3.25. The average molecular weight is 280 g/mol. The molecular weight excluding hydrogens is 265 g/mol. The summed E-state index contributed by atoms with van der Waals surface area (Å²) in [6.07, 6.45) is 0. The standard InChI is InChI=1S/C15H15ClFNO/c1-10(11-3-6-13(19-2)7-4-11)18-15-9-12(17)5-8-14(15)16/h3-10,18H,1-2H3. The van der Waals surface area contributed by atoms with Crippen LogP contribution in [-0.4, -0.2) is 7.11 Å². The summed E-state index contributed by atoms with van der Waals surface area (Å²) in [5.41, 5.74) is 1.66. The zero-order chi connectivity index (χ0) is 13.8. The van der Waals surface area contributed by atoms with Gasteiger partial charge >= 0.3 is 0 Å². The molecule has 100 valence electrons. The highest BCUT2D eigenvalue weighted by Gasteiger charge is 2.08. The number of ether oxygens (including phenoxy) is 1. The van der Waals surface area contributed by atoms with Gasteiger partial charge in [-0.15, -0.1) is 0 Å². The second kappa shape index (κ2) is 5.93. The van der Waals surface area contributed by atoms with Crippen molar-refractivity contribution in [1.82, 2.24) is 0 Å². The molecule has 0 heterocycles. The number of methoxy groups -OCH3 is 1. The first-order valence-electron chi connectivity index (χ1n) is 5.95. The van der Waals surface area contributed by atoms with Crippen LogP contribution < -0.4 is 10.1 Å². The van der Waals surface area contributed by atoms with Crippen LogP contribution in [0.25, 0.3) is 0 Å². The van der Waals surface area contributed by atoms with Gasteiger partial charge in [0.1, 0.15) is 11.6 Å². The summed E-state index contributed by atoms with van der Waals surface area (Å²) in [6, 6.07) is 12.0. The van der Waals surface area contributed by atoms with Crippen LogP contribution in [0.5, 0.6) is 5.75 Å². The molecule has 2 nitrogen and oxygen atoms in total. The quantitative estimate of drug-likeness (QED) is 0.879. The minimum Gasteiger partial charge on any atom is -0.497 e. The van der Waals surface area contributed by atoms with Crippen molar-refractivity contribution in [3.63, 3.8) is 0 Å². The van der Waals surface area contributed by atoms with Crippen LogP contribution in [0.4, 0.5) is 10.1 Å². The Morgan fingerprint density at radius 2 is 1.84 bits per heavy atom. The predicted octanol–water partition coefficient (Wildman–Crippen LogP) is 4.66. The maximum atomic E-state index is 13.2. The SMILES string of the molecule is COc1ccc(C(C)Nc2cc(F)ccc2Cl)cc1. The van der Waals surface area contributed by atoms with Crippen LogP contribution in [0.2, 0.25) is 5.02 Å². The second-order valence-electron chi connectivity index (χ2n) is 4.26. The summed E-state index contributed by atoms with van der Waals surface area (Å²) in [7, 11) is 1.63. The van der Waals surface area contributed by atoms with E-state index in [9.17, 15) is 4.39 Å². The first kappa shape index (κ1) is 13.7. The van der Waals surface area contributed by atoms with Crippen molar-refractivity contribution in [3.05, 3.63) is 58.9 Å². The molecule has 4 heteroatoms. The monoisotopic (exact) mass is 279 g/mol. The van der Waals surface area contributed by atoms with E-state index in [-0.39, 0.29) is 11.9 Å². The molecule has 0 aliphatic rings. The van der Waals surface area contributed by atoms with Crippen LogP contribution in [0.1, 0.15) is 18.5 Å². The number of anilines is 1. The van der Waals surface area contributed by atoms with E-state index in [0.717, 1.165) is 11.3 Å². The Labute approximate surface area is 117 Å². The van der Waals surface area contributed by atoms with E-state index in [2.05, 4.69) is 5.32 Å². The lowest BCUT2D eigenvalue weighted by Gasteiger charge is -2.17. The fourth-order valence-electron chi connectivity index (χ4n) is 1.82. The Kier molecular flexibility index (Phi) is 4.27. The average Bonchev–Trinajstić information content (AvgIpc) is 2.43. The molecular formula is C15H15ClFNO. The van der Waals surface area contributed by atoms with Gasteiger partial charge in [0.2, 0.25) is 0 Å².